The zero-order chi connectivity index (χ0) is 13.8. The molecule has 5 nitrogen and oxygen atoms in total. The predicted molar refractivity (Wildman–Crippen MR) is 74.0 cm³/mol. The summed E-state index contributed by atoms with van der Waals surface area (Å²) in [6, 6.07) is 0. The third kappa shape index (κ3) is 3.76. The lowest BCUT2D eigenvalue weighted by molar-refractivity contribution is -0.138. The predicted octanol–water partition coefficient (Wildman–Crippen LogP) is 1.07. The Kier molecular flexibility index (Phi) is 4.52. The molecule has 2 heterocycles. The highest BCUT2D eigenvalue weighted by atomic mass is 32.1. The number of rotatable bonds is 3. The fourth-order valence-electron chi connectivity index (χ4n) is 2.19. The van der Waals surface area contributed by atoms with Gasteiger partial charge < -0.3 is 9.80 Å². The number of thiazole rings is 1. The molecule has 6 heteroatoms. The summed E-state index contributed by atoms with van der Waals surface area (Å²) in [5.74, 6) is 0.249. The lowest BCUT2D eigenvalue weighted by Crippen LogP contribution is -2.50. The van der Waals surface area contributed by atoms with Crippen LogP contribution in [0.25, 0.3) is 0 Å². The number of nitrogens with zero attached hydrogens (tertiary/aromatic N) is 3. The monoisotopic (exact) mass is 281 g/mol. The third-order valence-electron chi connectivity index (χ3n) is 3.34. The van der Waals surface area contributed by atoms with E-state index in [9.17, 15) is 9.59 Å². The van der Waals surface area contributed by atoms with E-state index in [0.717, 1.165) is 10.7 Å². The summed E-state index contributed by atoms with van der Waals surface area (Å²) in [4.78, 5) is 31.2. The van der Waals surface area contributed by atoms with Crippen LogP contribution >= 0.6 is 11.3 Å². The van der Waals surface area contributed by atoms with Gasteiger partial charge >= 0.3 is 0 Å². The van der Waals surface area contributed by atoms with Crippen molar-refractivity contribution in [3.8, 4) is 0 Å². The van der Waals surface area contributed by atoms with Crippen LogP contribution in [0.5, 0.6) is 0 Å². The second-order valence-corrected chi connectivity index (χ2v) is 5.81. The minimum Gasteiger partial charge on any atom is -0.339 e. The fourth-order valence-corrected chi connectivity index (χ4v) is 2.83. The van der Waals surface area contributed by atoms with E-state index in [0.29, 0.717) is 39.0 Å². The largest absolute Gasteiger partial charge is 0.339 e. The van der Waals surface area contributed by atoms with E-state index in [1.54, 1.807) is 23.2 Å². The summed E-state index contributed by atoms with van der Waals surface area (Å²) in [5.41, 5.74) is 0.998. The van der Waals surface area contributed by atoms with E-state index < -0.39 is 0 Å². The normalized spacial score (nSPS) is 15.7. The number of carbonyl (C=O) groups excluding carboxylic acids is 2. The second-order valence-electron chi connectivity index (χ2n) is 4.74. The van der Waals surface area contributed by atoms with Gasteiger partial charge in [-0.15, -0.1) is 11.3 Å². The van der Waals surface area contributed by atoms with E-state index in [-0.39, 0.29) is 11.8 Å². The highest BCUT2D eigenvalue weighted by molar-refractivity contribution is 7.09. The Bertz CT molecular complexity index is 464. The molecule has 0 unspecified atom stereocenters. The summed E-state index contributed by atoms with van der Waals surface area (Å²) in [6.07, 6.45) is 1.21. The first kappa shape index (κ1) is 14.0. The summed E-state index contributed by atoms with van der Waals surface area (Å²) in [7, 11) is 0. The molecule has 0 aliphatic carbocycles. The SMILES string of the molecule is CC(=O)N1CCN(C(=O)CCc2csc(C)n2)CC1. The molecule has 0 spiro atoms. The van der Waals surface area contributed by atoms with Gasteiger partial charge in [0, 0.05) is 44.9 Å². The molecule has 1 aromatic heterocycles. The lowest BCUT2D eigenvalue weighted by Gasteiger charge is -2.34. The van der Waals surface area contributed by atoms with E-state index in [2.05, 4.69) is 4.98 Å². The Hall–Kier alpha value is -1.43. The van der Waals surface area contributed by atoms with Gasteiger partial charge in [0.1, 0.15) is 0 Å². The van der Waals surface area contributed by atoms with Gasteiger partial charge in [0.05, 0.1) is 10.7 Å². The van der Waals surface area contributed by atoms with Crippen molar-refractivity contribution >= 4 is 23.2 Å². The molecular formula is C13H19N3O2S. The molecule has 2 rings (SSSR count). The molecule has 1 aromatic rings. The van der Waals surface area contributed by atoms with Crippen molar-refractivity contribution in [1.29, 1.82) is 0 Å². The molecule has 0 saturated carbocycles. The average Bonchev–Trinajstić information content (AvgIpc) is 2.82. The first-order valence-electron chi connectivity index (χ1n) is 6.50. The second kappa shape index (κ2) is 6.14. The maximum atomic E-state index is 12.1. The molecule has 0 N–H and O–H groups in total. The van der Waals surface area contributed by atoms with Gasteiger partial charge in [0.15, 0.2) is 0 Å². The van der Waals surface area contributed by atoms with Gasteiger partial charge in [-0.05, 0) is 13.3 Å². The van der Waals surface area contributed by atoms with E-state index in [4.69, 9.17) is 0 Å². The summed E-state index contributed by atoms with van der Waals surface area (Å²) < 4.78 is 0. The molecule has 1 fully saturated rings. The van der Waals surface area contributed by atoms with Crippen LogP contribution in [0.4, 0.5) is 0 Å². The van der Waals surface area contributed by atoms with Gasteiger partial charge in [-0.1, -0.05) is 0 Å². The van der Waals surface area contributed by atoms with Crippen molar-refractivity contribution in [2.24, 2.45) is 0 Å². The van der Waals surface area contributed by atoms with Crippen molar-refractivity contribution < 1.29 is 9.59 Å². The van der Waals surface area contributed by atoms with Crippen LogP contribution < -0.4 is 0 Å². The zero-order valence-corrected chi connectivity index (χ0v) is 12.2. The van der Waals surface area contributed by atoms with Crippen molar-refractivity contribution in [2.45, 2.75) is 26.7 Å². The molecule has 0 radical (unpaired) electrons. The number of amides is 2. The van der Waals surface area contributed by atoms with Gasteiger partial charge in [0.25, 0.3) is 0 Å². The number of hydrogen-bond donors (Lipinski definition) is 0. The van der Waals surface area contributed by atoms with Gasteiger partial charge in [-0.2, -0.15) is 0 Å². The molecule has 1 aliphatic heterocycles. The lowest BCUT2D eigenvalue weighted by atomic mass is 10.2. The van der Waals surface area contributed by atoms with E-state index in [1.165, 1.54) is 0 Å². The maximum absolute atomic E-state index is 12.1. The van der Waals surface area contributed by atoms with Crippen molar-refractivity contribution in [3.63, 3.8) is 0 Å². The van der Waals surface area contributed by atoms with E-state index in [1.807, 2.05) is 17.2 Å². The van der Waals surface area contributed by atoms with Crippen molar-refractivity contribution in [2.75, 3.05) is 26.2 Å². The molecule has 0 bridgehead atoms. The van der Waals surface area contributed by atoms with Gasteiger partial charge in [-0.3, -0.25) is 9.59 Å². The maximum Gasteiger partial charge on any atom is 0.223 e. The van der Waals surface area contributed by atoms with E-state index >= 15 is 0 Å². The van der Waals surface area contributed by atoms with Crippen LogP contribution in [0.1, 0.15) is 24.0 Å². The quantitative estimate of drug-likeness (QED) is 0.833. The Morgan fingerprint density at radius 1 is 1.26 bits per heavy atom. The summed E-state index contributed by atoms with van der Waals surface area (Å²) in [6.45, 7) is 6.13. The van der Waals surface area contributed by atoms with Crippen molar-refractivity contribution in [3.05, 3.63) is 16.1 Å². The Morgan fingerprint density at radius 2 is 1.89 bits per heavy atom. The highest BCUT2D eigenvalue weighted by Crippen LogP contribution is 2.11. The molecule has 2 amide bonds. The molecule has 0 aromatic carbocycles. The Labute approximate surface area is 117 Å². The summed E-state index contributed by atoms with van der Waals surface area (Å²) >= 11 is 1.61. The zero-order valence-electron chi connectivity index (χ0n) is 11.4. The number of carbonyl (C=O) groups is 2. The van der Waals surface area contributed by atoms with Gasteiger partial charge in [0.2, 0.25) is 11.8 Å². The number of aryl methyl sites for hydroxylation is 2. The third-order valence-corrected chi connectivity index (χ3v) is 4.16. The Balaban J connectivity index is 1.77. The number of hydrogen-bond acceptors (Lipinski definition) is 4. The van der Waals surface area contributed by atoms with Crippen LogP contribution in [0.15, 0.2) is 5.38 Å². The Morgan fingerprint density at radius 3 is 2.42 bits per heavy atom. The van der Waals surface area contributed by atoms with Gasteiger partial charge in [-0.25, -0.2) is 4.98 Å². The van der Waals surface area contributed by atoms with Crippen LogP contribution in [0, 0.1) is 6.92 Å². The minimum absolute atomic E-state index is 0.0880. The van der Waals surface area contributed by atoms with Crippen molar-refractivity contribution in [1.82, 2.24) is 14.8 Å². The van der Waals surface area contributed by atoms with Crippen LogP contribution in [0.2, 0.25) is 0 Å². The topological polar surface area (TPSA) is 53.5 Å². The molecule has 1 saturated heterocycles. The standard InChI is InChI=1S/C13H19N3O2S/c1-10-14-12(9-19-10)3-4-13(18)16-7-5-15(6-8-16)11(2)17/h9H,3-8H2,1-2H3. The highest BCUT2D eigenvalue weighted by Gasteiger charge is 2.22. The molecular weight excluding hydrogens is 262 g/mol. The smallest absolute Gasteiger partial charge is 0.223 e. The molecule has 1 aliphatic rings. The van der Waals surface area contributed by atoms with Crippen LogP contribution in [0.3, 0.4) is 0 Å². The minimum atomic E-state index is 0.0880. The number of piperazine rings is 1. The first-order chi connectivity index (χ1) is 9.06. The fraction of sp³-hybridized carbons (Fsp3) is 0.615. The first-order valence-corrected chi connectivity index (χ1v) is 7.38. The average molecular weight is 281 g/mol. The number of aromatic nitrogens is 1. The van der Waals surface area contributed by atoms with Crippen LogP contribution in [-0.4, -0.2) is 52.8 Å². The molecule has 0 atom stereocenters. The van der Waals surface area contributed by atoms with Crippen LogP contribution in [-0.2, 0) is 16.0 Å². The molecule has 19 heavy (non-hydrogen) atoms. The summed E-state index contributed by atoms with van der Waals surface area (Å²) in [5, 5.41) is 3.05. The molecule has 104 valence electrons.